The molecule has 0 saturated carbocycles. The van der Waals surface area contributed by atoms with Crippen LogP contribution >= 0.6 is 0 Å². The van der Waals surface area contributed by atoms with E-state index in [4.69, 9.17) is 9.84 Å². The van der Waals surface area contributed by atoms with E-state index >= 15 is 0 Å². The number of aliphatic hydroxyl groups excluding tert-OH is 1. The third kappa shape index (κ3) is 2.95. The highest BCUT2D eigenvalue weighted by Crippen LogP contribution is 2.28. The molecule has 0 atom stereocenters. The normalized spacial score (nSPS) is 10.9. The molecular weight excluding hydrogens is 207 g/mol. The molecular formula is C13H19FO2. The quantitative estimate of drug-likeness (QED) is 0.836. The molecule has 0 aromatic heterocycles. The first kappa shape index (κ1) is 13.0. The highest BCUT2D eigenvalue weighted by atomic mass is 19.1. The lowest BCUT2D eigenvalue weighted by Crippen LogP contribution is -2.00. The van der Waals surface area contributed by atoms with Gasteiger partial charge in [-0.1, -0.05) is 13.8 Å². The van der Waals surface area contributed by atoms with E-state index in [1.54, 1.807) is 0 Å². The molecule has 0 bridgehead atoms. The zero-order valence-corrected chi connectivity index (χ0v) is 10.1. The lowest BCUT2D eigenvalue weighted by Gasteiger charge is -2.13. The molecule has 16 heavy (non-hydrogen) atoms. The molecule has 1 N–H and O–H groups in total. The molecule has 3 heteroatoms. The van der Waals surface area contributed by atoms with Gasteiger partial charge in [-0.25, -0.2) is 4.39 Å². The average Bonchev–Trinajstić information content (AvgIpc) is 2.26. The summed E-state index contributed by atoms with van der Waals surface area (Å²) >= 11 is 0. The molecule has 0 unspecified atom stereocenters. The molecule has 0 radical (unpaired) electrons. The SMILES string of the molecule is COc1cc(F)c(C(C)C)cc1CCCO. The molecule has 0 aliphatic carbocycles. The predicted octanol–water partition coefficient (Wildman–Crippen LogP) is 2.88. The maximum atomic E-state index is 13.7. The van der Waals surface area contributed by atoms with Crippen LogP contribution in [0.5, 0.6) is 5.75 Å². The number of ether oxygens (including phenoxy) is 1. The van der Waals surface area contributed by atoms with Gasteiger partial charge in [0.1, 0.15) is 11.6 Å². The third-order valence-electron chi connectivity index (χ3n) is 2.63. The molecule has 0 aliphatic heterocycles. The number of hydrogen-bond donors (Lipinski definition) is 1. The highest BCUT2D eigenvalue weighted by molar-refractivity contribution is 5.39. The van der Waals surface area contributed by atoms with E-state index < -0.39 is 0 Å². The summed E-state index contributed by atoms with van der Waals surface area (Å²) in [5.41, 5.74) is 1.66. The molecule has 0 heterocycles. The maximum Gasteiger partial charge on any atom is 0.130 e. The monoisotopic (exact) mass is 226 g/mol. The van der Waals surface area contributed by atoms with Crippen LogP contribution in [0.15, 0.2) is 12.1 Å². The molecule has 0 saturated heterocycles. The molecule has 0 fully saturated rings. The Morgan fingerprint density at radius 1 is 1.38 bits per heavy atom. The van der Waals surface area contributed by atoms with Crippen LogP contribution in [0.1, 0.15) is 37.3 Å². The lowest BCUT2D eigenvalue weighted by molar-refractivity contribution is 0.287. The number of rotatable bonds is 5. The van der Waals surface area contributed by atoms with Crippen molar-refractivity contribution in [3.05, 3.63) is 29.1 Å². The minimum Gasteiger partial charge on any atom is -0.496 e. The van der Waals surface area contributed by atoms with Crippen LogP contribution in [-0.2, 0) is 6.42 Å². The Kier molecular flexibility index (Phi) is 4.74. The van der Waals surface area contributed by atoms with Crippen molar-refractivity contribution in [2.45, 2.75) is 32.6 Å². The molecule has 0 aliphatic rings. The summed E-state index contributed by atoms with van der Waals surface area (Å²) in [6, 6.07) is 3.27. The number of methoxy groups -OCH3 is 1. The summed E-state index contributed by atoms with van der Waals surface area (Å²) in [7, 11) is 1.53. The van der Waals surface area contributed by atoms with Crippen LogP contribution in [0.2, 0.25) is 0 Å². The number of aliphatic hydroxyl groups is 1. The topological polar surface area (TPSA) is 29.5 Å². The Morgan fingerprint density at radius 3 is 2.56 bits per heavy atom. The van der Waals surface area contributed by atoms with E-state index in [0.717, 1.165) is 5.56 Å². The van der Waals surface area contributed by atoms with Crippen molar-refractivity contribution in [2.24, 2.45) is 0 Å². The van der Waals surface area contributed by atoms with Crippen molar-refractivity contribution in [3.63, 3.8) is 0 Å². The van der Waals surface area contributed by atoms with Crippen molar-refractivity contribution < 1.29 is 14.2 Å². The zero-order valence-electron chi connectivity index (χ0n) is 10.1. The van der Waals surface area contributed by atoms with Crippen molar-refractivity contribution in [1.29, 1.82) is 0 Å². The second-order valence-electron chi connectivity index (χ2n) is 4.17. The first-order chi connectivity index (χ1) is 7.60. The molecule has 0 amide bonds. The van der Waals surface area contributed by atoms with E-state index in [1.807, 2.05) is 19.9 Å². The van der Waals surface area contributed by atoms with E-state index in [2.05, 4.69) is 0 Å². The first-order valence-corrected chi connectivity index (χ1v) is 5.57. The molecule has 2 nitrogen and oxygen atoms in total. The van der Waals surface area contributed by atoms with Gasteiger partial charge in [-0.05, 0) is 36.0 Å². The molecule has 1 aromatic rings. The van der Waals surface area contributed by atoms with Crippen LogP contribution in [0.3, 0.4) is 0 Å². The minimum atomic E-state index is -0.223. The van der Waals surface area contributed by atoms with Gasteiger partial charge in [0.25, 0.3) is 0 Å². The largest absolute Gasteiger partial charge is 0.496 e. The number of benzene rings is 1. The summed E-state index contributed by atoms with van der Waals surface area (Å²) in [4.78, 5) is 0. The summed E-state index contributed by atoms with van der Waals surface area (Å²) in [6.07, 6.45) is 1.37. The van der Waals surface area contributed by atoms with Gasteiger partial charge >= 0.3 is 0 Å². The highest BCUT2D eigenvalue weighted by Gasteiger charge is 2.12. The number of halogens is 1. The van der Waals surface area contributed by atoms with E-state index in [1.165, 1.54) is 13.2 Å². The Hall–Kier alpha value is -1.09. The van der Waals surface area contributed by atoms with Crippen LogP contribution in [0.4, 0.5) is 4.39 Å². The summed E-state index contributed by atoms with van der Waals surface area (Å²) < 4.78 is 18.8. The third-order valence-corrected chi connectivity index (χ3v) is 2.63. The van der Waals surface area contributed by atoms with Gasteiger partial charge < -0.3 is 9.84 Å². The van der Waals surface area contributed by atoms with Crippen molar-refractivity contribution >= 4 is 0 Å². The van der Waals surface area contributed by atoms with Gasteiger partial charge in [0, 0.05) is 12.7 Å². The molecule has 1 aromatic carbocycles. The summed E-state index contributed by atoms with van der Waals surface area (Å²) in [6.45, 7) is 4.05. The van der Waals surface area contributed by atoms with Crippen LogP contribution in [-0.4, -0.2) is 18.8 Å². The Morgan fingerprint density at radius 2 is 2.06 bits per heavy atom. The molecule has 1 rings (SSSR count). The van der Waals surface area contributed by atoms with Crippen LogP contribution in [0.25, 0.3) is 0 Å². The van der Waals surface area contributed by atoms with Crippen molar-refractivity contribution in [1.82, 2.24) is 0 Å². The summed E-state index contributed by atoms with van der Waals surface area (Å²) in [5, 5.41) is 8.81. The van der Waals surface area contributed by atoms with Crippen LogP contribution < -0.4 is 4.74 Å². The van der Waals surface area contributed by atoms with Gasteiger partial charge in [0.15, 0.2) is 0 Å². The molecule has 0 spiro atoms. The van der Waals surface area contributed by atoms with Gasteiger partial charge in [-0.3, -0.25) is 0 Å². The average molecular weight is 226 g/mol. The van der Waals surface area contributed by atoms with Gasteiger partial charge in [0.05, 0.1) is 7.11 Å². The Labute approximate surface area is 96.1 Å². The number of aryl methyl sites for hydroxylation is 1. The standard InChI is InChI=1S/C13H19FO2/c1-9(2)11-7-10(5-4-6-15)13(16-3)8-12(11)14/h7-9,15H,4-6H2,1-3H3. The van der Waals surface area contributed by atoms with E-state index in [0.29, 0.717) is 24.2 Å². The number of hydrogen-bond acceptors (Lipinski definition) is 2. The van der Waals surface area contributed by atoms with E-state index in [9.17, 15) is 4.39 Å². The maximum absolute atomic E-state index is 13.7. The lowest BCUT2D eigenvalue weighted by atomic mass is 9.97. The summed E-state index contributed by atoms with van der Waals surface area (Å²) in [5.74, 6) is 0.494. The van der Waals surface area contributed by atoms with Crippen molar-refractivity contribution in [3.8, 4) is 5.75 Å². The fourth-order valence-electron chi connectivity index (χ4n) is 1.72. The van der Waals surface area contributed by atoms with E-state index in [-0.39, 0.29) is 18.3 Å². The fourth-order valence-corrected chi connectivity index (χ4v) is 1.72. The fraction of sp³-hybridized carbons (Fsp3) is 0.538. The zero-order chi connectivity index (χ0) is 12.1. The van der Waals surface area contributed by atoms with Crippen LogP contribution in [0, 0.1) is 5.82 Å². The minimum absolute atomic E-state index is 0.136. The Bertz CT molecular complexity index is 348. The van der Waals surface area contributed by atoms with Gasteiger partial charge in [-0.15, -0.1) is 0 Å². The first-order valence-electron chi connectivity index (χ1n) is 5.57. The second kappa shape index (κ2) is 5.85. The van der Waals surface area contributed by atoms with Gasteiger partial charge in [-0.2, -0.15) is 0 Å². The smallest absolute Gasteiger partial charge is 0.130 e. The Balaban J connectivity index is 3.07. The van der Waals surface area contributed by atoms with Gasteiger partial charge in [0.2, 0.25) is 0 Å². The molecule has 90 valence electrons. The second-order valence-corrected chi connectivity index (χ2v) is 4.17. The van der Waals surface area contributed by atoms with Crippen molar-refractivity contribution in [2.75, 3.05) is 13.7 Å². The predicted molar refractivity (Wildman–Crippen MR) is 62.4 cm³/mol.